The van der Waals surface area contributed by atoms with Crippen molar-refractivity contribution in [1.82, 2.24) is 0 Å². The molecule has 1 unspecified atom stereocenters. The maximum atomic E-state index is 12.8. The van der Waals surface area contributed by atoms with Crippen molar-refractivity contribution in [1.29, 1.82) is 0 Å². The zero-order chi connectivity index (χ0) is 20.9. The second kappa shape index (κ2) is 9.24. The van der Waals surface area contributed by atoms with Crippen LogP contribution in [0.15, 0.2) is 66.0 Å². The van der Waals surface area contributed by atoms with Crippen LogP contribution in [-0.4, -0.2) is 24.9 Å². The maximum Gasteiger partial charge on any atom is 0.279 e. The third kappa shape index (κ3) is 4.78. The Labute approximate surface area is 180 Å². The summed E-state index contributed by atoms with van der Waals surface area (Å²) in [7, 11) is 0. The number of amides is 2. The molecule has 1 fully saturated rings. The largest absolute Gasteiger partial charge is 0.322 e. The number of rotatable bonds is 6. The van der Waals surface area contributed by atoms with Gasteiger partial charge in [-0.3, -0.25) is 9.59 Å². The highest BCUT2D eigenvalue weighted by atomic mass is 32.1. The molecule has 4 rings (SSSR count). The van der Waals surface area contributed by atoms with Crippen LogP contribution in [0.25, 0.3) is 0 Å². The second-order valence-electron chi connectivity index (χ2n) is 7.71. The van der Waals surface area contributed by atoms with Gasteiger partial charge in [0, 0.05) is 18.5 Å². The Morgan fingerprint density at radius 1 is 1.07 bits per heavy atom. The molecule has 2 amide bonds. The maximum absolute atomic E-state index is 12.8. The second-order valence-corrected chi connectivity index (χ2v) is 8.69. The normalized spacial score (nSPS) is 18.2. The summed E-state index contributed by atoms with van der Waals surface area (Å²) >= 11 is 1.76. The summed E-state index contributed by atoms with van der Waals surface area (Å²) in [4.78, 5) is 28.2. The molecule has 0 aliphatic carbocycles. The first-order chi connectivity index (χ1) is 14.6. The molecule has 6 heteroatoms. The fourth-order valence-corrected chi connectivity index (χ4v) is 4.99. The van der Waals surface area contributed by atoms with Crippen molar-refractivity contribution >= 4 is 34.5 Å². The van der Waals surface area contributed by atoms with E-state index in [1.165, 1.54) is 9.78 Å². The van der Waals surface area contributed by atoms with Crippen molar-refractivity contribution in [2.45, 2.75) is 25.8 Å². The predicted molar refractivity (Wildman–Crippen MR) is 121 cm³/mol. The highest BCUT2D eigenvalue weighted by molar-refractivity contribution is 7.10. The van der Waals surface area contributed by atoms with Crippen molar-refractivity contribution in [2.24, 2.45) is 0 Å². The third-order valence-electron chi connectivity index (χ3n) is 5.48. The number of carbonyl (C=O) groups is 2. The van der Waals surface area contributed by atoms with Crippen LogP contribution in [0.5, 0.6) is 0 Å². The van der Waals surface area contributed by atoms with Gasteiger partial charge < -0.3 is 15.5 Å². The van der Waals surface area contributed by atoms with Gasteiger partial charge in [0.2, 0.25) is 0 Å². The quantitative estimate of drug-likeness (QED) is 0.570. The number of para-hydroxylation sites is 1. The van der Waals surface area contributed by atoms with Crippen LogP contribution in [0.4, 0.5) is 11.4 Å². The lowest BCUT2D eigenvalue weighted by molar-refractivity contribution is -0.910. The van der Waals surface area contributed by atoms with Gasteiger partial charge in [-0.05, 0) is 48.2 Å². The molecule has 2 aromatic carbocycles. The minimum absolute atomic E-state index is 0.0655. The number of hydrogen-bond donors (Lipinski definition) is 3. The Morgan fingerprint density at radius 3 is 2.73 bits per heavy atom. The summed E-state index contributed by atoms with van der Waals surface area (Å²) in [6, 6.07) is 19.4. The molecule has 2 heterocycles. The molecule has 154 valence electrons. The zero-order valence-corrected chi connectivity index (χ0v) is 17.8. The Bertz CT molecular complexity index is 1030. The molecule has 0 bridgehead atoms. The topological polar surface area (TPSA) is 62.6 Å². The number of nitrogens with one attached hydrogen (secondary N) is 3. The number of quaternary nitrogens is 1. The van der Waals surface area contributed by atoms with E-state index in [-0.39, 0.29) is 11.8 Å². The molecular formula is C24H26N3O2S+. The molecular weight excluding hydrogens is 394 g/mol. The fourth-order valence-electron chi connectivity index (χ4n) is 4.07. The van der Waals surface area contributed by atoms with E-state index >= 15 is 0 Å². The standard InChI is InChI=1S/C24H25N3O2S/c1-17-7-4-8-18(15-17)25-24(29)19-9-2-3-10-20(19)26-23(28)16-27-13-5-11-21(27)22-12-6-14-30-22/h2-4,6-10,12,14-15,21H,5,11,13,16H2,1H3,(H,25,29)(H,26,28)/p+1/t21-/m0/s1. The first kappa shape index (κ1) is 20.3. The summed E-state index contributed by atoms with van der Waals surface area (Å²) in [5.74, 6) is -0.300. The monoisotopic (exact) mass is 420 g/mol. The van der Waals surface area contributed by atoms with Crippen LogP contribution < -0.4 is 15.5 Å². The molecule has 1 aliphatic heterocycles. The van der Waals surface area contributed by atoms with Crippen LogP contribution in [0.3, 0.4) is 0 Å². The van der Waals surface area contributed by atoms with Gasteiger partial charge in [0.1, 0.15) is 6.04 Å². The van der Waals surface area contributed by atoms with E-state index in [9.17, 15) is 9.59 Å². The first-order valence-corrected chi connectivity index (χ1v) is 11.1. The number of anilines is 2. The lowest BCUT2D eigenvalue weighted by Gasteiger charge is -2.20. The van der Waals surface area contributed by atoms with Crippen molar-refractivity contribution in [3.8, 4) is 0 Å². The van der Waals surface area contributed by atoms with E-state index in [1.54, 1.807) is 29.5 Å². The Hall–Kier alpha value is -2.96. The highest BCUT2D eigenvalue weighted by Crippen LogP contribution is 2.23. The molecule has 2 atom stereocenters. The van der Waals surface area contributed by atoms with Gasteiger partial charge in [0.15, 0.2) is 6.54 Å². The SMILES string of the molecule is Cc1cccc(NC(=O)c2ccccc2NC(=O)C[NH+]2CCC[C@H]2c2cccs2)c1. The van der Waals surface area contributed by atoms with Gasteiger partial charge in [0.05, 0.1) is 22.7 Å². The number of carbonyl (C=O) groups excluding carboxylic acids is 2. The molecule has 3 N–H and O–H groups in total. The molecule has 30 heavy (non-hydrogen) atoms. The minimum atomic E-state index is -0.235. The van der Waals surface area contributed by atoms with Gasteiger partial charge in [-0.25, -0.2) is 0 Å². The van der Waals surface area contributed by atoms with Gasteiger partial charge in [0.25, 0.3) is 11.8 Å². The molecule has 0 saturated carbocycles. The van der Waals surface area contributed by atoms with Crippen LogP contribution in [0, 0.1) is 6.92 Å². The van der Waals surface area contributed by atoms with Crippen molar-refractivity contribution in [2.75, 3.05) is 23.7 Å². The molecule has 0 radical (unpaired) electrons. The summed E-state index contributed by atoms with van der Waals surface area (Å²) in [5, 5.41) is 7.97. The molecule has 3 aromatic rings. The van der Waals surface area contributed by atoms with Crippen LogP contribution >= 0.6 is 11.3 Å². The number of hydrogen-bond acceptors (Lipinski definition) is 3. The Morgan fingerprint density at radius 2 is 1.93 bits per heavy atom. The molecule has 1 saturated heterocycles. The summed E-state index contributed by atoms with van der Waals surface area (Å²) in [6.45, 7) is 3.37. The number of thiophene rings is 1. The van der Waals surface area contributed by atoms with Crippen molar-refractivity contribution in [3.05, 3.63) is 82.0 Å². The number of likely N-dealkylation sites (tertiary alicyclic amines) is 1. The van der Waals surface area contributed by atoms with E-state index in [1.807, 2.05) is 37.3 Å². The van der Waals surface area contributed by atoms with Gasteiger partial charge in [-0.1, -0.05) is 30.3 Å². The predicted octanol–water partition coefficient (Wildman–Crippen LogP) is 3.67. The summed E-state index contributed by atoms with van der Waals surface area (Å²) in [5.41, 5.74) is 2.81. The lowest BCUT2D eigenvalue weighted by atomic mass is 10.1. The molecule has 1 aromatic heterocycles. The Kier molecular flexibility index (Phi) is 6.26. The first-order valence-electron chi connectivity index (χ1n) is 10.2. The number of aryl methyl sites for hydroxylation is 1. The van der Waals surface area contributed by atoms with E-state index < -0.39 is 0 Å². The zero-order valence-electron chi connectivity index (χ0n) is 17.0. The van der Waals surface area contributed by atoms with Gasteiger partial charge in [-0.2, -0.15) is 0 Å². The van der Waals surface area contributed by atoms with Gasteiger partial charge >= 0.3 is 0 Å². The van der Waals surface area contributed by atoms with Crippen molar-refractivity contribution in [3.63, 3.8) is 0 Å². The fraction of sp³-hybridized carbons (Fsp3) is 0.250. The van der Waals surface area contributed by atoms with Crippen molar-refractivity contribution < 1.29 is 14.5 Å². The van der Waals surface area contributed by atoms with Crippen LogP contribution in [0.2, 0.25) is 0 Å². The van der Waals surface area contributed by atoms with E-state index in [0.717, 1.165) is 30.6 Å². The average Bonchev–Trinajstić information content (AvgIpc) is 3.40. The number of benzene rings is 2. The van der Waals surface area contributed by atoms with Crippen LogP contribution in [0.1, 0.15) is 39.7 Å². The lowest BCUT2D eigenvalue weighted by Crippen LogP contribution is -3.11. The summed E-state index contributed by atoms with van der Waals surface area (Å²) < 4.78 is 0. The van der Waals surface area contributed by atoms with E-state index in [4.69, 9.17) is 0 Å². The van der Waals surface area contributed by atoms with Crippen LogP contribution in [-0.2, 0) is 4.79 Å². The highest BCUT2D eigenvalue weighted by Gasteiger charge is 2.32. The Balaban J connectivity index is 1.43. The van der Waals surface area contributed by atoms with E-state index in [2.05, 4.69) is 28.1 Å². The minimum Gasteiger partial charge on any atom is -0.322 e. The molecule has 1 aliphatic rings. The smallest absolute Gasteiger partial charge is 0.279 e. The van der Waals surface area contributed by atoms with E-state index in [0.29, 0.717) is 23.8 Å². The summed E-state index contributed by atoms with van der Waals surface area (Å²) in [6.07, 6.45) is 2.24. The third-order valence-corrected chi connectivity index (χ3v) is 6.47. The molecule has 5 nitrogen and oxygen atoms in total. The molecule has 0 spiro atoms. The van der Waals surface area contributed by atoms with Gasteiger partial charge in [-0.15, -0.1) is 11.3 Å². The average molecular weight is 421 g/mol.